The third-order valence-electron chi connectivity index (χ3n) is 3.17. The molecule has 3 nitrogen and oxygen atoms in total. The number of hydrogen-bond donors (Lipinski definition) is 1. The number of nitrogens with one attached hydrogen (secondary N) is 1. The molecule has 0 saturated heterocycles. The summed E-state index contributed by atoms with van der Waals surface area (Å²) in [4.78, 5) is 15.9. The molecule has 2 aromatic rings. The van der Waals surface area contributed by atoms with Gasteiger partial charge < -0.3 is 5.32 Å². The number of amides is 1. The number of nitrogens with zero attached hydrogens (tertiary/aromatic N) is 1. The number of carbonyl (C=O) groups is 1. The van der Waals surface area contributed by atoms with Gasteiger partial charge in [0.15, 0.2) is 0 Å². The molecule has 0 aliphatic heterocycles. The van der Waals surface area contributed by atoms with Gasteiger partial charge in [0.2, 0.25) is 5.91 Å². The molecular weight excluding hydrogens is 248 g/mol. The van der Waals surface area contributed by atoms with Crippen LogP contribution in [-0.2, 0) is 17.8 Å². The molecular formula is C17H20N2O. The first-order valence-corrected chi connectivity index (χ1v) is 6.96. The van der Waals surface area contributed by atoms with Crippen LogP contribution >= 0.6 is 0 Å². The maximum atomic E-state index is 11.7. The molecule has 0 aliphatic carbocycles. The fraction of sp³-hybridized carbons (Fsp3) is 0.294. The Morgan fingerprint density at radius 2 is 1.90 bits per heavy atom. The predicted molar refractivity (Wildman–Crippen MR) is 80.2 cm³/mol. The Bertz CT molecular complexity index is 535. The quantitative estimate of drug-likeness (QED) is 0.875. The van der Waals surface area contributed by atoms with E-state index in [2.05, 4.69) is 22.4 Å². The number of aryl methyl sites for hydroxylation is 2. The minimum absolute atomic E-state index is 0.0986. The predicted octanol–water partition coefficient (Wildman–Crippen LogP) is 3.03. The smallest absolute Gasteiger partial charge is 0.220 e. The van der Waals surface area contributed by atoms with Crippen LogP contribution in [0.15, 0.2) is 48.7 Å². The minimum atomic E-state index is 0.0986. The van der Waals surface area contributed by atoms with Crippen molar-refractivity contribution in [1.29, 1.82) is 0 Å². The minimum Gasteiger partial charge on any atom is -0.352 e. The van der Waals surface area contributed by atoms with Gasteiger partial charge in [0.1, 0.15) is 0 Å². The van der Waals surface area contributed by atoms with E-state index >= 15 is 0 Å². The molecule has 0 aliphatic rings. The lowest BCUT2D eigenvalue weighted by Gasteiger charge is -2.05. The molecule has 1 amide bonds. The average Bonchev–Trinajstić information content (AvgIpc) is 2.48. The van der Waals surface area contributed by atoms with Gasteiger partial charge in [0, 0.05) is 24.9 Å². The van der Waals surface area contributed by atoms with Crippen molar-refractivity contribution in [1.82, 2.24) is 10.3 Å². The number of rotatable bonds is 6. The van der Waals surface area contributed by atoms with Gasteiger partial charge in [-0.2, -0.15) is 0 Å². The van der Waals surface area contributed by atoms with Crippen molar-refractivity contribution in [3.8, 4) is 0 Å². The molecule has 1 aromatic heterocycles. The molecule has 0 saturated carbocycles. The van der Waals surface area contributed by atoms with Gasteiger partial charge in [-0.1, -0.05) is 36.4 Å². The monoisotopic (exact) mass is 268 g/mol. The SMILES string of the molecule is Cc1ccc(CNC(=O)CCCc2ccccc2)cn1. The summed E-state index contributed by atoms with van der Waals surface area (Å²) in [7, 11) is 0. The zero-order valence-electron chi connectivity index (χ0n) is 11.8. The third-order valence-corrected chi connectivity index (χ3v) is 3.17. The Labute approximate surface area is 120 Å². The molecule has 0 bridgehead atoms. The van der Waals surface area contributed by atoms with Crippen LogP contribution in [0.3, 0.4) is 0 Å². The van der Waals surface area contributed by atoms with E-state index < -0.39 is 0 Å². The summed E-state index contributed by atoms with van der Waals surface area (Å²) in [6.07, 6.45) is 4.19. The van der Waals surface area contributed by atoms with Crippen LogP contribution in [0.5, 0.6) is 0 Å². The summed E-state index contributed by atoms with van der Waals surface area (Å²) in [5.74, 6) is 0.0986. The second-order valence-electron chi connectivity index (χ2n) is 4.92. The molecule has 1 heterocycles. The molecule has 2 rings (SSSR count). The van der Waals surface area contributed by atoms with E-state index in [0.29, 0.717) is 13.0 Å². The van der Waals surface area contributed by atoms with Crippen LogP contribution in [0.4, 0.5) is 0 Å². The summed E-state index contributed by atoms with van der Waals surface area (Å²) in [5, 5.41) is 2.93. The second kappa shape index (κ2) is 7.43. The number of carbonyl (C=O) groups excluding carboxylic acids is 1. The van der Waals surface area contributed by atoms with Gasteiger partial charge in [0.25, 0.3) is 0 Å². The van der Waals surface area contributed by atoms with Crippen LogP contribution in [-0.4, -0.2) is 10.9 Å². The van der Waals surface area contributed by atoms with Crippen molar-refractivity contribution in [2.45, 2.75) is 32.7 Å². The lowest BCUT2D eigenvalue weighted by atomic mass is 10.1. The normalized spacial score (nSPS) is 10.2. The van der Waals surface area contributed by atoms with Gasteiger partial charge >= 0.3 is 0 Å². The Balaban J connectivity index is 1.67. The zero-order valence-corrected chi connectivity index (χ0v) is 11.8. The fourth-order valence-electron chi connectivity index (χ4n) is 1.99. The zero-order chi connectivity index (χ0) is 14.2. The summed E-state index contributed by atoms with van der Waals surface area (Å²) >= 11 is 0. The van der Waals surface area contributed by atoms with E-state index in [1.54, 1.807) is 6.20 Å². The number of pyridine rings is 1. The largest absolute Gasteiger partial charge is 0.352 e. The fourth-order valence-corrected chi connectivity index (χ4v) is 1.99. The molecule has 0 unspecified atom stereocenters. The maximum absolute atomic E-state index is 11.7. The van der Waals surface area contributed by atoms with E-state index in [4.69, 9.17) is 0 Å². The molecule has 3 heteroatoms. The van der Waals surface area contributed by atoms with E-state index in [0.717, 1.165) is 24.1 Å². The van der Waals surface area contributed by atoms with Crippen LogP contribution in [0.2, 0.25) is 0 Å². The average molecular weight is 268 g/mol. The van der Waals surface area contributed by atoms with Crippen molar-refractivity contribution in [2.24, 2.45) is 0 Å². The van der Waals surface area contributed by atoms with Crippen molar-refractivity contribution >= 4 is 5.91 Å². The molecule has 1 aromatic carbocycles. The van der Waals surface area contributed by atoms with E-state index in [-0.39, 0.29) is 5.91 Å². The molecule has 104 valence electrons. The van der Waals surface area contributed by atoms with Crippen LogP contribution in [0.1, 0.15) is 29.7 Å². The lowest BCUT2D eigenvalue weighted by Crippen LogP contribution is -2.22. The van der Waals surface area contributed by atoms with Gasteiger partial charge in [0.05, 0.1) is 0 Å². The third kappa shape index (κ3) is 4.84. The van der Waals surface area contributed by atoms with Crippen molar-refractivity contribution in [3.05, 3.63) is 65.5 Å². The highest BCUT2D eigenvalue weighted by Crippen LogP contribution is 2.05. The Morgan fingerprint density at radius 1 is 1.10 bits per heavy atom. The highest BCUT2D eigenvalue weighted by Gasteiger charge is 2.02. The first kappa shape index (κ1) is 14.3. The molecule has 0 radical (unpaired) electrons. The number of benzene rings is 1. The summed E-state index contributed by atoms with van der Waals surface area (Å²) < 4.78 is 0. The molecule has 0 spiro atoms. The molecule has 20 heavy (non-hydrogen) atoms. The first-order valence-electron chi connectivity index (χ1n) is 6.96. The maximum Gasteiger partial charge on any atom is 0.220 e. The lowest BCUT2D eigenvalue weighted by molar-refractivity contribution is -0.121. The summed E-state index contributed by atoms with van der Waals surface area (Å²) in [6, 6.07) is 14.2. The van der Waals surface area contributed by atoms with Crippen molar-refractivity contribution in [3.63, 3.8) is 0 Å². The van der Waals surface area contributed by atoms with E-state index in [9.17, 15) is 4.79 Å². The number of aromatic nitrogens is 1. The topological polar surface area (TPSA) is 42.0 Å². The van der Waals surface area contributed by atoms with Crippen LogP contribution in [0, 0.1) is 6.92 Å². The Morgan fingerprint density at radius 3 is 2.60 bits per heavy atom. The van der Waals surface area contributed by atoms with Gasteiger partial charge in [-0.05, 0) is 37.0 Å². The van der Waals surface area contributed by atoms with E-state index in [1.165, 1.54) is 5.56 Å². The first-order chi connectivity index (χ1) is 9.74. The molecule has 0 fully saturated rings. The highest BCUT2D eigenvalue weighted by molar-refractivity contribution is 5.75. The van der Waals surface area contributed by atoms with Crippen molar-refractivity contribution < 1.29 is 4.79 Å². The van der Waals surface area contributed by atoms with Gasteiger partial charge in [-0.25, -0.2) is 0 Å². The van der Waals surface area contributed by atoms with E-state index in [1.807, 2.05) is 37.3 Å². The second-order valence-corrected chi connectivity index (χ2v) is 4.92. The van der Waals surface area contributed by atoms with Gasteiger partial charge in [-0.15, -0.1) is 0 Å². The van der Waals surface area contributed by atoms with Crippen molar-refractivity contribution in [2.75, 3.05) is 0 Å². The summed E-state index contributed by atoms with van der Waals surface area (Å²) in [6.45, 7) is 2.50. The standard InChI is InChI=1S/C17H20N2O/c1-14-10-11-16(12-18-14)13-19-17(20)9-5-8-15-6-3-2-4-7-15/h2-4,6-7,10-12H,5,8-9,13H2,1H3,(H,19,20). The van der Waals surface area contributed by atoms with Gasteiger partial charge in [-0.3, -0.25) is 9.78 Å². The number of hydrogen-bond acceptors (Lipinski definition) is 2. The molecule has 0 atom stereocenters. The summed E-state index contributed by atoms with van der Waals surface area (Å²) in [5.41, 5.74) is 3.30. The van der Waals surface area contributed by atoms with Crippen LogP contribution in [0.25, 0.3) is 0 Å². The Hall–Kier alpha value is -2.16. The van der Waals surface area contributed by atoms with Crippen LogP contribution < -0.4 is 5.32 Å². The molecule has 1 N–H and O–H groups in total. The highest BCUT2D eigenvalue weighted by atomic mass is 16.1. The Kier molecular flexibility index (Phi) is 5.30.